The molecule has 0 bridgehead atoms. The Hall–Kier alpha value is -1.91. The summed E-state index contributed by atoms with van der Waals surface area (Å²) in [5.74, 6) is -1.41. The average Bonchev–Trinajstić information content (AvgIpc) is 2.81. The minimum absolute atomic E-state index is 0.0243. The molecule has 1 aromatic carbocycles. The van der Waals surface area contributed by atoms with E-state index in [0.717, 1.165) is 4.31 Å². The van der Waals surface area contributed by atoms with Crippen LogP contribution in [0.15, 0.2) is 29.2 Å². The second-order valence-corrected chi connectivity index (χ2v) is 6.63. The topological polar surface area (TPSA) is 98.5 Å². The van der Waals surface area contributed by atoms with Gasteiger partial charge in [-0.3, -0.25) is 4.79 Å². The van der Waals surface area contributed by atoms with Crippen LogP contribution in [-0.2, 0) is 14.8 Å². The highest BCUT2D eigenvalue weighted by atomic mass is 32.2. The van der Waals surface area contributed by atoms with Crippen molar-refractivity contribution in [2.24, 2.45) is 5.92 Å². The lowest BCUT2D eigenvalue weighted by atomic mass is 10.0. The SMILES string of the molecule is CC1CCN(S(=O)(=O)c2ccccc2C#N)C1C(=O)O. The summed E-state index contributed by atoms with van der Waals surface area (Å²) in [7, 11) is -3.98. The molecular weight excluding hydrogens is 280 g/mol. The Bertz CT molecular complexity index is 678. The fourth-order valence-electron chi connectivity index (χ4n) is 2.46. The molecule has 106 valence electrons. The van der Waals surface area contributed by atoms with Crippen molar-refractivity contribution in [2.45, 2.75) is 24.3 Å². The monoisotopic (exact) mass is 294 g/mol. The zero-order chi connectivity index (χ0) is 14.9. The Morgan fingerprint density at radius 3 is 2.70 bits per heavy atom. The van der Waals surface area contributed by atoms with Crippen molar-refractivity contribution in [3.05, 3.63) is 29.8 Å². The molecule has 1 heterocycles. The molecule has 20 heavy (non-hydrogen) atoms. The first-order valence-electron chi connectivity index (χ1n) is 6.13. The molecule has 0 radical (unpaired) electrons. The van der Waals surface area contributed by atoms with E-state index >= 15 is 0 Å². The van der Waals surface area contributed by atoms with Gasteiger partial charge in [-0.1, -0.05) is 19.1 Å². The molecule has 0 aromatic heterocycles. The summed E-state index contributed by atoms with van der Waals surface area (Å²) in [6.45, 7) is 1.87. The number of benzene rings is 1. The molecule has 0 amide bonds. The van der Waals surface area contributed by atoms with E-state index in [1.54, 1.807) is 13.0 Å². The number of nitriles is 1. The lowest BCUT2D eigenvalue weighted by Crippen LogP contribution is -2.42. The molecule has 2 unspecified atom stereocenters. The first kappa shape index (κ1) is 14.5. The lowest BCUT2D eigenvalue weighted by molar-refractivity contribution is -0.141. The summed E-state index contributed by atoms with van der Waals surface area (Å²) in [6.07, 6.45) is 0.491. The van der Waals surface area contributed by atoms with Crippen LogP contribution in [0.2, 0.25) is 0 Å². The Labute approximate surface area is 117 Å². The third-order valence-corrected chi connectivity index (χ3v) is 5.44. The molecule has 1 N–H and O–H groups in total. The molecule has 0 spiro atoms. The molecule has 0 aliphatic carbocycles. The van der Waals surface area contributed by atoms with Gasteiger partial charge in [0.25, 0.3) is 0 Å². The molecule has 7 heteroatoms. The van der Waals surface area contributed by atoms with Crippen molar-refractivity contribution >= 4 is 16.0 Å². The first-order valence-corrected chi connectivity index (χ1v) is 7.57. The summed E-state index contributed by atoms with van der Waals surface area (Å²) in [5, 5.41) is 18.2. The molecule has 2 atom stereocenters. The van der Waals surface area contributed by atoms with Crippen LogP contribution in [0, 0.1) is 17.2 Å². The third-order valence-electron chi connectivity index (χ3n) is 3.50. The standard InChI is InChI=1S/C13H14N2O4S/c1-9-6-7-15(12(9)13(16)17)20(18,19)11-5-3-2-4-10(11)8-14/h2-5,9,12H,6-7H2,1H3,(H,16,17). The van der Waals surface area contributed by atoms with E-state index < -0.39 is 22.0 Å². The fraction of sp³-hybridized carbons (Fsp3) is 0.385. The molecule has 0 saturated carbocycles. The van der Waals surface area contributed by atoms with Crippen LogP contribution in [0.1, 0.15) is 18.9 Å². The van der Waals surface area contributed by atoms with Crippen LogP contribution >= 0.6 is 0 Å². The molecular formula is C13H14N2O4S. The maximum atomic E-state index is 12.6. The van der Waals surface area contributed by atoms with Gasteiger partial charge in [0.15, 0.2) is 0 Å². The molecule has 2 rings (SSSR count). The van der Waals surface area contributed by atoms with Gasteiger partial charge in [-0.25, -0.2) is 8.42 Å². The predicted octanol–water partition coefficient (Wildman–Crippen LogP) is 1.04. The predicted molar refractivity (Wildman–Crippen MR) is 70.3 cm³/mol. The quantitative estimate of drug-likeness (QED) is 0.898. The summed E-state index contributed by atoms with van der Waals surface area (Å²) in [5.41, 5.74) is 0.0243. The smallest absolute Gasteiger partial charge is 0.322 e. The highest BCUT2D eigenvalue weighted by molar-refractivity contribution is 7.89. The van der Waals surface area contributed by atoms with Crippen molar-refractivity contribution in [3.63, 3.8) is 0 Å². The van der Waals surface area contributed by atoms with Crippen molar-refractivity contribution in [3.8, 4) is 6.07 Å². The molecule has 1 saturated heterocycles. The summed E-state index contributed by atoms with van der Waals surface area (Å²) in [4.78, 5) is 11.1. The van der Waals surface area contributed by atoms with E-state index in [1.807, 2.05) is 6.07 Å². The minimum Gasteiger partial charge on any atom is -0.480 e. The minimum atomic E-state index is -3.98. The number of sulfonamides is 1. The number of carboxylic acids is 1. The van der Waals surface area contributed by atoms with Gasteiger partial charge in [0, 0.05) is 6.54 Å². The van der Waals surface area contributed by atoms with Gasteiger partial charge in [-0.05, 0) is 24.5 Å². The van der Waals surface area contributed by atoms with Crippen LogP contribution in [0.3, 0.4) is 0 Å². The highest BCUT2D eigenvalue weighted by Crippen LogP contribution is 2.31. The van der Waals surface area contributed by atoms with Crippen molar-refractivity contribution in [1.29, 1.82) is 5.26 Å². The Balaban J connectivity index is 2.51. The molecule has 6 nitrogen and oxygen atoms in total. The van der Waals surface area contributed by atoms with Gasteiger partial charge in [0.2, 0.25) is 10.0 Å². The van der Waals surface area contributed by atoms with Crippen molar-refractivity contribution in [1.82, 2.24) is 4.31 Å². The van der Waals surface area contributed by atoms with E-state index in [1.165, 1.54) is 18.2 Å². The fourth-order valence-corrected chi connectivity index (χ4v) is 4.30. The number of rotatable bonds is 3. The van der Waals surface area contributed by atoms with Crippen LogP contribution in [0.4, 0.5) is 0 Å². The maximum absolute atomic E-state index is 12.6. The third kappa shape index (κ3) is 2.28. The summed E-state index contributed by atoms with van der Waals surface area (Å²) >= 11 is 0. The maximum Gasteiger partial charge on any atom is 0.322 e. The molecule has 1 aliphatic rings. The number of nitrogens with zero attached hydrogens (tertiary/aromatic N) is 2. The van der Waals surface area contributed by atoms with Crippen LogP contribution in [0.25, 0.3) is 0 Å². The van der Waals surface area contributed by atoms with Crippen LogP contribution in [-0.4, -0.2) is 36.4 Å². The van der Waals surface area contributed by atoms with Gasteiger partial charge in [-0.2, -0.15) is 9.57 Å². The molecule has 1 aromatic rings. The normalized spacial score (nSPS) is 23.4. The van der Waals surface area contributed by atoms with E-state index in [-0.39, 0.29) is 22.9 Å². The Morgan fingerprint density at radius 1 is 1.45 bits per heavy atom. The zero-order valence-corrected chi connectivity index (χ0v) is 11.7. The van der Waals surface area contributed by atoms with Crippen molar-refractivity contribution < 1.29 is 18.3 Å². The Morgan fingerprint density at radius 2 is 2.10 bits per heavy atom. The Kier molecular flexibility index (Phi) is 3.79. The molecule has 1 aliphatic heterocycles. The van der Waals surface area contributed by atoms with Gasteiger partial charge in [-0.15, -0.1) is 0 Å². The lowest BCUT2D eigenvalue weighted by Gasteiger charge is -2.23. The zero-order valence-electron chi connectivity index (χ0n) is 10.9. The van der Waals surface area contributed by atoms with E-state index in [2.05, 4.69) is 0 Å². The second-order valence-electron chi connectivity index (χ2n) is 4.77. The van der Waals surface area contributed by atoms with Gasteiger partial charge in [0.1, 0.15) is 12.1 Å². The first-order chi connectivity index (χ1) is 9.39. The number of hydrogen-bond acceptors (Lipinski definition) is 4. The number of aliphatic carboxylic acids is 1. The summed E-state index contributed by atoms with van der Waals surface area (Å²) in [6, 6.07) is 6.57. The highest BCUT2D eigenvalue weighted by Gasteiger charge is 2.44. The van der Waals surface area contributed by atoms with Crippen LogP contribution < -0.4 is 0 Å². The second kappa shape index (κ2) is 5.23. The van der Waals surface area contributed by atoms with Gasteiger partial charge in [0.05, 0.1) is 10.5 Å². The van der Waals surface area contributed by atoms with E-state index in [4.69, 9.17) is 5.26 Å². The number of hydrogen-bond donors (Lipinski definition) is 1. The average molecular weight is 294 g/mol. The van der Waals surface area contributed by atoms with Gasteiger partial charge < -0.3 is 5.11 Å². The van der Waals surface area contributed by atoms with Crippen molar-refractivity contribution in [2.75, 3.05) is 6.54 Å². The van der Waals surface area contributed by atoms with E-state index in [0.29, 0.717) is 6.42 Å². The number of carboxylic acid groups (broad SMARTS) is 1. The van der Waals surface area contributed by atoms with E-state index in [9.17, 15) is 18.3 Å². The largest absolute Gasteiger partial charge is 0.480 e. The van der Waals surface area contributed by atoms with Crippen LogP contribution in [0.5, 0.6) is 0 Å². The van der Waals surface area contributed by atoms with Gasteiger partial charge >= 0.3 is 5.97 Å². The number of carbonyl (C=O) groups is 1. The molecule has 1 fully saturated rings. The summed E-state index contributed by atoms with van der Waals surface area (Å²) < 4.78 is 26.2.